The maximum absolute atomic E-state index is 5.77. The van der Waals surface area contributed by atoms with E-state index in [0.29, 0.717) is 6.04 Å². The van der Waals surface area contributed by atoms with Gasteiger partial charge >= 0.3 is 0 Å². The summed E-state index contributed by atoms with van der Waals surface area (Å²) in [5, 5.41) is 3.75. The van der Waals surface area contributed by atoms with Gasteiger partial charge < -0.3 is 14.8 Å². The van der Waals surface area contributed by atoms with E-state index in [1.54, 1.807) is 0 Å². The van der Waals surface area contributed by atoms with Gasteiger partial charge in [0.05, 0.1) is 13.2 Å². The van der Waals surface area contributed by atoms with Crippen molar-refractivity contribution in [3.8, 4) is 11.5 Å². The molecule has 116 valence electrons. The van der Waals surface area contributed by atoms with Crippen molar-refractivity contribution in [1.29, 1.82) is 0 Å². The van der Waals surface area contributed by atoms with Gasteiger partial charge in [-0.25, -0.2) is 0 Å². The lowest BCUT2D eigenvalue weighted by Gasteiger charge is -2.23. The molecular weight excluding hydrogens is 262 g/mol. The van der Waals surface area contributed by atoms with Crippen molar-refractivity contribution in [2.45, 2.75) is 58.0 Å². The van der Waals surface area contributed by atoms with E-state index in [2.05, 4.69) is 24.4 Å². The topological polar surface area (TPSA) is 30.5 Å². The zero-order chi connectivity index (χ0) is 14.5. The van der Waals surface area contributed by atoms with Crippen LogP contribution in [0.15, 0.2) is 18.2 Å². The van der Waals surface area contributed by atoms with E-state index in [9.17, 15) is 0 Å². The molecule has 1 aliphatic carbocycles. The lowest BCUT2D eigenvalue weighted by atomic mass is 9.97. The van der Waals surface area contributed by atoms with Gasteiger partial charge in [0.15, 0.2) is 11.5 Å². The molecule has 1 fully saturated rings. The first-order valence-corrected chi connectivity index (χ1v) is 8.45. The lowest BCUT2D eigenvalue weighted by molar-refractivity contribution is 0.297. The highest BCUT2D eigenvalue weighted by Crippen LogP contribution is 2.30. The van der Waals surface area contributed by atoms with Crippen LogP contribution >= 0.6 is 0 Å². The Labute approximate surface area is 128 Å². The summed E-state index contributed by atoms with van der Waals surface area (Å²) in [4.78, 5) is 0. The van der Waals surface area contributed by atoms with E-state index in [-0.39, 0.29) is 0 Å². The Morgan fingerprint density at radius 2 is 1.81 bits per heavy atom. The Balaban J connectivity index is 1.61. The Kier molecular flexibility index (Phi) is 5.02. The summed E-state index contributed by atoms with van der Waals surface area (Å²) in [6.45, 7) is 4.82. The van der Waals surface area contributed by atoms with E-state index < -0.39 is 0 Å². The summed E-state index contributed by atoms with van der Waals surface area (Å²) in [6.07, 6.45) is 7.78. The number of fused-ring (bicyclic) bond motifs is 1. The first kappa shape index (κ1) is 14.7. The van der Waals surface area contributed by atoms with Crippen molar-refractivity contribution >= 4 is 0 Å². The number of hydrogen-bond acceptors (Lipinski definition) is 3. The standard InChI is InChI=1S/C18H27NO2/c1-14-6-3-2-4-7-16(14)19-13-15-8-9-17-18(12-15)21-11-5-10-20-17/h8-9,12,14,16,19H,2-7,10-11,13H2,1H3. The summed E-state index contributed by atoms with van der Waals surface area (Å²) in [5.74, 6) is 2.58. The minimum atomic E-state index is 0.656. The number of ether oxygens (including phenoxy) is 2. The molecule has 0 spiro atoms. The van der Waals surface area contributed by atoms with Gasteiger partial charge in [0.25, 0.3) is 0 Å². The fourth-order valence-electron chi connectivity index (χ4n) is 3.36. The Hall–Kier alpha value is -1.22. The maximum atomic E-state index is 5.77. The van der Waals surface area contributed by atoms with Crippen LogP contribution in [0.4, 0.5) is 0 Å². The van der Waals surface area contributed by atoms with Crippen molar-refractivity contribution < 1.29 is 9.47 Å². The van der Waals surface area contributed by atoms with Crippen LogP contribution in [0.2, 0.25) is 0 Å². The summed E-state index contributed by atoms with van der Waals surface area (Å²) < 4.78 is 11.5. The maximum Gasteiger partial charge on any atom is 0.161 e. The van der Waals surface area contributed by atoms with Crippen LogP contribution in [-0.4, -0.2) is 19.3 Å². The number of nitrogens with one attached hydrogen (secondary N) is 1. The predicted octanol–water partition coefficient (Wildman–Crippen LogP) is 3.91. The first-order valence-electron chi connectivity index (χ1n) is 8.45. The molecule has 3 heteroatoms. The van der Waals surface area contributed by atoms with E-state index in [1.807, 2.05) is 6.07 Å². The van der Waals surface area contributed by atoms with Crippen LogP contribution < -0.4 is 14.8 Å². The number of hydrogen-bond donors (Lipinski definition) is 1. The second-order valence-corrected chi connectivity index (χ2v) is 6.43. The van der Waals surface area contributed by atoms with Crippen LogP contribution in [0.25, 0.3) is 0 Å². The first-order chi connectivity index (χ1) is 10.3. The largest absolute Gasteiger partial charge is 0.490 e. The average molecular weight is 289 g/mol. The molecule has 2 unspecified atom stereocenters. The Morgan fingerprint density at radius 1 is 1.00 bits per heavy atom. The average Bonchev–Trinajstić information content (AvgIpc) is 2.85. The lowest BCUT2D eigenvalue weighted by Crippen LogP contribution is -2.33. The summed E-state index contributed by atoms with van der Waals surface area (Å²) in [7, 11) is 0. The SMILES string of the molecule is CC1CCCCCC1NCc1ccc2c(c1)OCCCO2. The van der Waals surface area contributed by atoms with E-state index in [4.69, 9.17) is 9.47 Å². The minimum Gasteiger partial charge on any atom is -0.490 e. The van der Waals surface area contributed by atoms with Crippen molar-refractivity contribution in [3.63, 3.8) is 0 Å². The van der Waals surface area contributed by atoms with Gasteiger partial charge in [-0.2, -0.15) is 0 Å². The van der Waals surface area contributed by atoms with Crippen molar-refractivity contribution in [3.05, 3.63) is 23.8 Å². The second-order valence-electron chi connectivity index (χ2n) is 6.43. The highest BCUT2D eigenvalue weighted by Gasteiger charge is 2.19. The van der Waals surface area contributed by atoms with Crippen molar-refractivity contribution in [2.75, 3.05) is 13.2 Å². The van der Waals surface area contributed by atoms with E-state index >= 15 is 0 Å². The molecule has 1 aliphatic heterocycles. The minimum absolute atomic E-state index is 0.656. The molecule has 1 aromatic rings. The Morgan fingerprint density at radius 3 is 2.71 bits per heavy atom. The number of rotatable bonds is 3. The quantitative estimate of drug-likeness (QED) is 0.856. The van der Waals surface area contributed by atoms with Crippen molar-refractivity contribution in [2.24, 2.45) is 5.92 Å². The molecule has 21 heavy (non-hydrogen) atoms. The summed E-state index contributed by atoms with van der Waals surface area (Å²) in [5.41, 5.74) is 1.29. The molecule has 2 atom stereocenters. The molecule has 0 bridgehead atoms. The molecule has 1 saturated carbocycles. The normalized spacial score (nSPS) is 26.0. The van der Waals surface area contributed by atoms with E-state index in [1.165, 1.54) is 37.7 Å². The molecule has 0 amide bonds. The Bertz CT molecular complexity index is 461. The molecule has 0 aromatic heterocycles. The van der Waals surface area contributed by atoms with Gasteiger partial charge in [-0.05, 0) is 36.5 Å². The molecule has 0 radical (unpaired) electrons. The highest BCUT2D eigenvalue weighted by atomic mass is 16.5. The fraction of sp³-hybridized carbons (Fsp3) is 0.667. The fourth-order valence-corrected chi connectivity index (χ4v) is 3.36. The molecule has 1 N–H and O–H groups in total. The van der Waals surface area contributed by atoms with Crippen LogP contribution in [0.5, 0.6) is 11.5 Å². The second kappa shape index (κ2) is 7.17. The van der Waals surface area contributed by atoms with Crippen LogP contribution in [0, 0.1) is 5.92 Å². The predicted molar refractivity (Wildman–Crippen MR) is 84.9 cm³/mol. The monoisotopic (exact) mass is 289 g/mol. The zero-order valence-electron chi connectivity index (χ0n) is 13.1. The van der Waals surface area contributed by atoms with E-state index in [0.717, 1.165) is 43.6 Å². The molecule has 3 nitrogen and oxygen atoms in total. The molecule has 3 rings (SSSR count). The summed E-state index contributed by atoms with van der Waals surface area (Å²) in [6, 6.07) is 6.99. The third-order valence-corrected chi connectivity index (χ3v) is 4.74. The van der Waals surface area contributed by atoms with Gasteiger partial charge in [0, 0.05) is 19.0 Å². The molecule has 1 aromatic carbocycles. The van der Waals surface area contributed by atoms with Crippen LogP contribution in [0.1, 0.15) is 51.0 Å². The third kappa shape index (κ3) is 3.91. The van der Waals surface area contributed by atoms with Crippen molar-refractivity contribution in [1.82, 2.24) is 5.32 Å². The summed E-state index contributed by atoms with van der Waals surface area (Å²) >= 11 is 0. The van der Waals surface area contributed by atoms with Gasteiger partial charge in [-0.1, -0.05) is 32.3 Å². The molecule has 1 heterocycles. The van der Waals surface area contributed by atoms with Gasteiger partial charge in [-0.3, -0.25) is 0 Å². The van der Waals surface area contributed by atoms with Gasteiger partial charge in [0.1, 0.15) is 0 Å². The molecule has 2 aliphatic rings. The third-order valence-electron chi connectivity index (χ3n) is 4.74. The van der Waals surface area contributed by atoms with Gasteiger partial charge in [-0.15, -0.1) is 0 Å². The molecular formula is C18H27NO2. The number of benzene rings is 1. The van der Waals surface area contributed by atoms with Crippen LogP contribution in [0.3, 0.4) is 0 Å². The molecule has 0 saturated heterocycles. The highest BCUT2D eigenvalue weighted by molar-refractivity contribution is 5.43. The van der Waals surface area contributed by atoms with Crippen LogP contribution in [-0.2, 0) is 6.54 Å². The zero-order valence-corrected chi connectivity index (χ0v) is 13.1. The van der Waals surface area contributed by atoms with Gasteiger partial charge in [0.2, 0.25) is 0 Å². The smallest absolute Gasteiger partial charge is 0.161 e.